The van der Waals surface area contributed by atoms with Crippen molar-refractivity contribution >= 4 is 24.4 Å². The Morgan fingerprint density at radius 2 is 2.23 bits per heavy atom. The van der Waals surface area contributed by atoms with Crippen molar-refractivity contribution in [1.29, 1.82) is 5.26 Å². The van der Waals surface area contributed by atoms with Gasteiger partial charge in [0.05, 0.1) is 0 Å². The van der Waals surface area contributed by atoms with E-state index in [1.165, 1.54) is 0 Å². The van der Waals surface area contributed by atoms with Crippen molar-refractivity contribution < 1.29 is 0 Å². The van der Waals surface area contributed by atoms with Crippen LogP contribution in [0.25, 0.3) is 9.65 Å². The quantitative estimate of drug-likeness (QED) is 0.681. The Kier molecular flexibility index (Phi) is 2.05. The fourth-order valence-corrected chi connectivity index (χ4v) is 3.15. The van der Waals surface area contributed by atoms with Crippen molar-refractivity contribution in [3.05, 3.63) is 34.6 Å². The summed E-state index contributed by atoms with van der Waals surface area (Å²) < 4.78 is 2.69. The van der Waals surface area contributed by atoms with E-state index < -0.39 is 0 Å². The summed E-state index contributed by atoms with van der Waals surface area (Å²) in [6, 6.07) is 9.53. The third-order valence-electron chi connectivity index (χ3n) is 1.77. The van der Waals surface area contributed by atoms with Gasteiger partial charge in [-0.1, -0.05) is 0 Å². The summed E-state index contributed by atoms with van der Waals surface area (Å²) in [6.07, 6.45) is 0. The minimum atomic E-state index is -0.00264. The monoisotopic (exact) mass is 238 g/mol. The second-order valence-corrected chi connectivity index (χ2v) is 4.82. The van der Waals surface area contributed by atoms with Crippen LogP contribution in [0.3, 0.4) is 0 Å². The van der Waals surface area contributed by atoms with Crippen LogP contribution in [-0.2, 0) is 6.54 Å². The Hall–Kier alpha value is -1.30. The third kappa shape index (κ3) is 1.33. The number of hydrogen-bond acceptors (Lipinski definition) is 2. The van der Waals surface area contributed by atoms with E-state index in [9.17, 15) is 4.79 Å². The summed E-state index contributed by atoms with van der Waals surface area (Å²) in [5.41, 5.74) is -0.00264. The molecule has 1 aromatic carbocycles. The molecule has 0 radical (unpaired) electrons. The van der Waals surface area contributed by atoms with Gasteiger partial charge in [0.1, 0.15) is 0 Å². The van der Waals surface area contributed by atoms with E-state index in [1.54, 1.807) is 3.56 Å². The molecule has 2 aromatic rings. The average molecular weight is 237 g/mol. The van der Waals surface area contributed by atoms with Gasteiger partial charge < -0.3 is 0 Å². The van der Waals surface area contributed by atoms with Crippen LogP contribution < -0.4 is 5.56 Å². The molecule has 0 bridgehead atoms. The number of nitrogens with zero attached hydrogens (tertiary/aromatic N) is 2. The van der Waals surface area contributed by atoms with Crippen LogP contribution in [0.4, 0.5) is 0 Å². The van der Waals surface area contributed by atoms with E-state index in [0.717, 1.165) is 9.65 Å². The molecular weight excluding hydrogens is 231 g/mol. The third-order valence-corrected chi connectivity index (χ3v) is 4.01. The Labute approximate surface area is 80.8 Å². The molecule has 0 atom stereocenters. The summed E-state index contributed by atoms with van der Waals surface area (Å²) in [4.78, 5) is 11.6. The van der Waals surface area contributed by atoms with Crippen LogP contribution >= 0.6 is 0 Å². The van der Waals surface area contributed by atoms with Crippen molar-refractivity contribution in [3.63, 3.8) is 0 Å². The minimum absolute atomic E-state index is 0.00264. The van der Waals surface area contributed by atoms with Crippen LogP contribution in [0.5, 0.6) is 0 Å². The van der Waals surface area contributed by atoms with E-state index in [-0.39, 0.29) is 26.8 Å². The van der Waals surface area contributed by atoms with Gasteiger partial charge in [-0.15, -0.1) is 0 Å². The second-order valence-electron chi connectivity index (χ2n) is 2.59. The van der Waals surface area contributed by atoms with Gasteiger partial charge in [0.2, 0.25) is 0 Å². The number of rotatable bonds is 1. The Bertz CT molecular complexity index is 532. The molecule has 13 heavy (non-hydrogen) atoms. The zero-order valence-electron chi connectivity index (χ0n) is 6.73. The zero-order valence-corrected chi connectivity index (χ0v) is 8.44. The molecule has 0 fully saturated rings. The van der Waals surface area contributed by atoms with Crippen LogP contribution in [0.2, 0.25) is 0 Å². The van der Waals surface area contributed by atoms with Gasteiger partial charge in [-0.3, -0.25) is 0 Å². The first-order chi connectivity index (χ1) is 6.33. The molecule has 0 saturated heterocycles. The predicted octanol–water partition coefficient (Wildman–Crippen LogP) is 0.582. The average Bonchev–Trinajstić information content (AvgIpc) is 2.46. The zero-order chi connectivity index (χ0) is 9.26. The van der Waals surface area contributed by atoms with Gasteiger partial charge in [-0.2, -0.15) is 0 Å². The number of hydrogen-bond donors (Lipinski definition) is 0. The molecule has 0 N–H and O–H groups in total. The standard InChI is InChI=1S/C9H6N2OSe/c10-5-6-11-9(12)7-3-1-2-4-8(7)13-11/h1-4H,6H2. The normalized spacial score (nSPS) is 10.1. The summed E-state index contributed by atoms with van der Waals surface area (Å²) in [6.45, 7) is 0.202. The van der Waals surface area contributed by atoms with Gasteiger partial charge in [-0.05, 0) is 0 Å². The van der Waals surface area contributed by atoms with Gasteiger partial charge in [-0.25, -0.2) is 0 Å². The fraction of sp³-hybridized carbons (Fsp3) is 0.111. The Morgan fingerprint density at radius 3 is 2.92 bits per heavy atom. The predicted molar refractivity (Wildman–Crippen MR) is 50.8 cm³/mol. The molecule has 0 spiro atoms. The van der Waals surface area contributed by atoms with E-state index in [2.05, 4.69) is 0 Å². The van der Waals surface area contributed by atoms with Crippen LogP contribution in [0.15, 0.2) is 29.1 Å². The summed E-state index contributed by atoms with van der Waals surface area (Å²) in [7, 11) is 0. The number of aromatic nitrogens is 1. The first-order valence-electron chi connectivity index (χ1n) is 3.79. The van der Waals surface area contributed by atoms with Gasteiger partial charge in [0.25, 0.3) is 0 Å². The molecule has 0 unspecified atom stereocenters. The van der Waals surface area contributed by atoms with Crippen LogP contribution in [0.1, 0.15) is 0 Å². The SMILES string of the molecule is N#CCn1[se]c2ccccc2c1=O. The molecule has 0 aliphatic heterocycles. The first-order valence-corrected chi connectivity index (χ1v) is 5.41. The van der Waals surface area contributed by atoms with E-state index >= 15 is 0 Å². The van der Waals surface area contributed by atoms with Crippen LogP contribution in [0, 0.1) is 11.3 Å². The maximum atomic E-state index is 11.6. The van der Waals surface area contributed by atoms with E-state index in [4.69, 9.17) is 5.26 Å². The molecule has 3 nitrogen and oxygen atoms in total. The molecule has 0 saturated carbocycles. The molecular formula is C9H6N2OSe. The molecule has 2 rings (SSSR count). The topological polar surface area (TPSA) is 45.8 Å². The molecule has 0 aliphatic carbocycles. The summed E-state index contributed by atoms with van der Waals surface area (Å²) in [5.74, 6) is 0. The molecule has 0 amide bonds. The number of nitriles is 1. The summed E-state index contributed by atoms with van der Waals surface area (Å²) >= 11 is 0.00338. The molecule has 1 heterocycles. The van der Waals surface area contributed by atoms with Gasteiger partial charge in [0, 0.05) is 0 Å². The van der Waals surface area contributed by atoms with Gasteiger partial charge in [0.15, 0.2) is 0 Å². The first kappa shape index (κ1) is 8.30. The van der Waals surface area contributed by atoms with E-state index in [0.29, 0.717) is 0 Å². The molecule has 64 valence electrons. The Balaban J connectivity index is 2.76. The summed E-state index contributed by atoms with van der Waals surface area (Å²) in [5, 5.41) is 9.25. The molecule has 0 aliphatic rings. The van der Waals surface area contributed by atoms with E-state index in [1.807, 2.05) is 30.3 Å². The number of benzene rings is 1. The van der Waals surface area contributed by atoms with Crippen molar-refractivity contribution in [2.45, 2.75) is 6.54 Å². The van der Waals surface area contributed by atoms with Crippen molar-refractivity contribution in [3.8, 4) is 6.07 Å². The van der Waals surface area contributed by atoms with Gasteiger partial charge >= 0.3 is 80.4 Å². The fourth-order valence-electron chi connectivity index (χ4n) is 1.19. The number of fused-ring (bicyclic) bond motifs is 1. The maximum absolute atomic E-state index is 11.6. The molecule has 4 heteroatoms. The van der Waals surface area contributed by atoms with Crippen molar-refractivity contribution in [1.82, 2.24) is 3.56 Å². The van der Waals surface area contributed by atoms with Crippen molar-refractivity contribution in [2.75, 3.05) is 0 Å². The van der Waals surface area contributed by atoms with Crippen molar-refractivity contribution in [2.24, 2.45) is 0 Å². The van der Waals surface area contributed by atoms with Crippen LogP contribution in [-0.4, -0.2) is 18.3 Å². The Morgan fingerprint density at radius 1 is 1.46 bits per heavy atom. The second kappa shape index (κ2) is 3.21. The molecule has 1 aromatic heterocycles.